The van der Waals surface area contributed by atoms with Gasteiger partial charge in [0.2, 0.25) is 0 Å². The number of aromatic nitrogens is 6. The Bertz CT molecular complexity index is 1940. The van der Waals surface area contributed by atoms with Crippen molar-refractivity contribution >= 4 is 43.6 Å². The number of hydrogen-bond donors (Lipinski definition) is 2. The van der Waals surface area contributed by atoms with Gasteiger partial charge in [0.25, 0.3) is 5.56 Å². The second-order valence-electron chi connectivity index (χ2n) is 8.96. The number of H-pyrrole nitrogens is 1. The molecule has 0 spiro atoms. The molecule has 38 heavy (non-hydrogen) atoms. The zero-order valence-electron chi connectivity index (χ0n) is 20.5. The lowest BCUT2D eigenvalue weighted by atomic mass is 9.99. The molecule has 6 rings (SSSR count). The highest BCUT2D eigenvalue weighted by Gasteiger charge is 2.24. The Morgan fingerprint density at radius 1 is 1.00 bits per heavy atom. The van der Waals surface area contributed by atoms with Crippen molar-refractivity contribution < 1.29 is 0 Å². The highest BCUT2D eigenvalue weighted by Crippen LogP contribution is 2.36. The monoisotopic (exact) mass is 567 g/mol. The third-order valence-electron chi connectivity index (χ3n) is 6.53. The number of aromatic amines is 1. The molecule has 0 unspecified atom stereocenters. The van der Waals surface area contributed by atoms with E-state index in [4.69, 9.17) is 0 Å². The van der Waals surface area contributed by atoms with E-state index in [0.717, 1.165) is 26.7 Å². The molecule has 0 aliphatic rings. The second-order valence-corrected chi connectivity index (χ2v) is 9.75. The number of para-hydroxylation sites is 1. The molecular formula is C28H22BrN7O2. The van der Waals surface area contributed by atoms with E-state index >= 15 is 0 Å². The zero-order valence-corrected chi connectivity index (χ0v) is 22.1. The molecule has 10 heteroatoms. The first kappa shape index (κ1) is 23.8. The maximum Gasteiger partial charge on any atom is 0.263 e. The molecule has 6 aromatic rings. The number of fused-ring (bicyclic) bond motifs is 2. The fourth-order valence-electron chi connectivity index (χ4n) is 4.83. The van der Waals surface area contributed by atoms with E-state index in [2.05, 4.69) is 41.3 Å². The van der Waals surface area contributed by atoms with Crippen molar-refractivity contribution in [1.29, 1.82) is 0 Å². The maximum atomic E-state index is 14.3. The number of nitrogens with zero attached hydrogens (tertiary/aromatic N) is 5. The molecule has 0 bridgehead atoms. The van der Waals surface area contributed by atoms with Crippen molar-refractivity contribution in [1.82, 2.24) is 29.3 Å². The Balaban J connectivity index is 1.62. The Labute approximate surface area is 224 Å². The van der Waals surface area contributed by atoms with Gasteiger partial charge in [-0.1, -0.05) is 36.4 Å². The summed E-state index contributed by atoms with van der Waals surface area (Å²) in [6, 6.07) is 16.3. The molecule has 0 aliphatic carbocycles. The van der Waals surface area contributed by atoms with Crippen LogP contribution in [0.2, 0.25) is 0 Å². The summed E-state index contributed by atoms with van der Waals surface area (Å²) in [5.74, 6) is 0.382. The van der Waals surface area contributed by atoms with E-state index in [0.29, 0.717) is 27.9 Å². The van der Waals surface area contributed by atoms with Gasteiger partial charge in [-0.3, -0.25) is 18.8 Å². The van der Waals surface area contributed by atoms with Gasteiger partial charge in [-0.25, -0.2) is 9.97 Å². The van der Waals surface area contributed by atoms with Crippen LogP contribution in [0.3, 0.4) is 0 Å². The number of benzene rings is 2. The van der Waals surface area contributed by atoms with Gasteiger partial charge >= 0.3 is 0 Å². The molecule has 2 N–H and O–H groups in total. The topological polar surface area (TPSA) is 110 Å². The smallest absolute Gasteiger partial charge is 0.263 e. The van der Waals surface area contributed by atoms with E-state index in [1.54, 1.807) is 21.6 Å². The second kappa shape index (κ2) is 9.38. The lowest BCUT2D eigenvalue weighted by Crippen LogP contribution is -2.27. The van der Waals surface area contributed by atoms with Crippen molar-refractivity contribution in [2.24, 2.45) is 7.05 Å². The predicted octanol–water partition coefficient (Wildman–Crippen LogP) is 4.96. The number of halogens is 1. The average Bonchev–Trinajstić information content (AvgIpc) is 3.36. The van der Waals surface area contributed by atoms with Crippen molar-refractivity contribution in [3.8, 4) is 16.8 Å². The van der Waals surface area contributed by atoms with Gasteiger partial charge in [0, 0.05) is 46.6 Å². The number of aryl methyl sites for hydroxylation is 1. The predicted molar refractivity (Wildman–Crippen MR) is 152 cm³/mol. The minimum atomic E-state index is -0.429. The Kier molecular flexibility index (Phi) is 5.88. The Hall–Kier alpha value is -4.57. The normalized spacial score (nSPS) is 12.2. The van der Waals surface area contributed by atoms with Crippen molar-refractivity contribution in [3.63, 3.8) is 0 Å². The van der Waals surface area contributed by atoms with Crippen LogP contribution in [0, 0.1) is 0 Å². The standard InChI is InChI=1S/C28H22BrN7O2/c1-16(34-27-23-21(37)11-12-30-26(23)31-15-32-27)25-24(29)20-10-6-9-19(17-13-33-35(2)14-17)22(20)28(38)36(25)18-7-4-3-5-8-18/h3-16H,1-2H3,(H2,30,31,32,34,37)/t16-/m0/s1. The lowest BCUT2D eigenvalue weighted by Gasteiger charge is -2.24. The minimum Gasteiger partial charge on any atom is -0.361 e. The highest BCUT2D eigenvalue weighted by atomic mass is 79.9. The third kappa shape index (κ3) is 3.90. The van der Waals surface area contributed by atoms with E-state index < -0.39 is 6.04 Å². The first-order chi connectivity index (χ1) is 18.4. The highest BCUT2D eigenvalue weighted by molar-refractivity contribution is 9.10. The van der Waals surface area contributed by atoms with E-state index in [-0.39, 0.29) is 11.0 Å². The number of nitrogens with one attached hydrogen (secondary N) is 2. The quantitative estimate of drug-likeness (QED) is 0.304. The van der Waals surface area contributed by atoms with Gasteiger partial charge in [0.05, 0.1) is 23.3 Å². The Morgan fingerprint density at radius 3 is 2.58 bits per heavy atom. The van der Waals surface area contributed by atoms with Crippen LogP contribution in [-0.4, -0.2) is 29.3 Å². The van der Waals surface area contributed by atoms with Gasteiger partial charge in [-0.05, 0) is 40.5 Å². The van der Waals surface area contributed by atoms with Crippen LogP contribution in [0.4, 0.5) is 5.82 Å². The molecule has 0 amide bonds. The number of hydrogen-bond acceptors (Lipinski definition) is 6. The summed E-state index contributed by atoms with van der Waals surface area (Å²) < 4.78 is 4.18. The molecule has 0 saturated heterocycles. The van der Waals surface area contributed by atoms with Gasteiger partial charge in [-0.2, -0.15) is 5.10 Å². The molecule has 4 aromatic heterocycles. The summed E-state index contributed by atoms with van der Waals surface area (Å²) in [4.78, 5) is 38.5. The fourth-order valence-corrected chi connectivity index (χ4v) is 5.68. The first-order valence-corrected chi connectivity index (χ1v) is 12.7. The maximum absolute atomic E-state index is 14.3. The molecule has 0 fully saturated rings. The van der Waals surface area contributed by atoms with E-state index in [1.807, 2.05) is 68.7 Å². The molecule has 1 atom stereocenters. The molecule has 9 nitrogen and oxygen atoms in total. The van der Waals surface area contributed by atoms with Crippen molar-refractivity contribution in [3.05, 3.63) is 110 Å². The number of anilines is 1. The van der Waals surface area contributed by atoms with Crippen LogP contribution in [0.1, 0.15) is 18.7 Å². The molecule has 188 valence electrons. The SMILES string of the molecule is C[C@H](Nc1ncnc2[nH]ccc(=O)c12)c1c(Br)c2cccc(-c3cnn(C)c3)c2c(=O)n1-c1ccccc1. The van der Waals surface area contributed by atoms with E-state index in [1.165, 1.54) is 12.4 Å². The first-order valence-electron chi connectivity index (χ1n) is 11.9. The third-order valence-corrected chi connectivity index (χ3v) is 7.36. The van der Waals surface area contributed by atoms with Gasteiger partial charge < -0.3 is 10.3 Å². The summed E-state index contributed by atoms with van der Waals surface area (Å²) in [5.41, 5.74) is 3.13. The summed E-state index contributed by atoms with van der Waals surface area (Å²) in [7, 11) is 1.85. The van der Waals surface area contributed by atoms with Crippen LogP contribution in [0.15, 0.2) is 93.6 Å². The molecular weight excluding hydrogens is 546 g/mol. The zero-order chi connectivity index (χ0) is 26.4. The van der Waals surface area contributed by atoms with Crippen LogP contribution in [-0.2, 0) is 7.05 Å². The molecule has 0 aliphatic heterocycles. The summed E-state index contributed by atoms with van der Waals surface area (Å²) in [6.07, 6.45) is 6.60. The number of pyridine rings is 2. The number of rotatable bonds is 5. The van der Waals surface area contributed by atoms with Crippen molar-refractivity contribution in [2.45, 2.75) is 13.0 Å². The Morgan fingerprint density at radius 2 is 1.82 bits per heavy atom. The lowest BCUT2D eigenvalue weighted by molar-refractivity contribution is 0.767. The van der Waals surface area contributed by atoms with Crippen LogP contribution in [0.25, 0.3) is 38.6 Å². The van der Waals surface area contributed by atoms with Crippen LogP contribution < -0.4 is 16.3 Å². The van der Waals surface area contributed by atoms with Crippen LogP contribution in [0.5, 0.6) is 0 Å². The minimum absolute atomic E-state index is 0.164. The van der Waals surface area contributed by atoms with Crippen LogP contribution >= 0.6 is 15.9 Å². The largest absolute Gasteiger partial charge is 0.361 e. The van der Waals surface area contributed by atoms with Gasteiger partial charge in [0.1, 0.15) is 23.2 Å². The average molecular weight is 568 g/mol. The molecule has 0 radical (unpaired) electrons. The van der Waals surface area contributed by atoms with Crippen molar-refractivity contribution in [2.75, 3.05) is 5.32 Å². The van der Waals surface area contributed by atoms with Gasteiger partial charge in [0.15, 0.2) is 5.43 Å². The molecule has 4 heterocycles. The van der Waals surface area contributed by atoms with Gasteiger partial charge in [-0.15, -0.1) is 0 Å². The fraction of sp³-hybridized carbons (Fsp3) is 0.107. The summed E-state index contributed by atoms with van der Waals surface area (Å²) in [5, 5.41) is 9.37. The summed E-state index contributed by atoms with van der Waals surface area (Å²) >= 11 is 3.83. The molecule has 2 aromatic carbocycles. The molecule has 0 saturated carbocycles. The van der Waals surface area contributed by atoms with E-state index in [9.17, 15) is 9.59 Å². The summed E-state index contributed by atoms with van der Waals surface area (Å²) in [6.45, 7) is 1.93.